The first-order chi connectivity index (χ1) is 10.3. The van der Waals surface area contributed by atoms with E-state index in [1.165, 1.54) is 10.4 Å². The molecule has 2 unspecified atom stereocenters. The van der Waals surface area contributed by atoms with Crippen molar-refractivity contribution in [3.8, 4) is 0 Å². The molecule has 0 saturated carbocycles. The molecule has 0 spiro atoms. The molecule has 0 aliphatic carbocycles. The van der Waals surface area contributed by atoms with E-state index in [1.54, 1.807) is 17.7 Å². The third-order valence-electron chi connectivity index (χ3n) is 3.77. The fourth-order valence-corrected chi connectivity index (χ4v) is 3.84. The number of aromatic nitrogens is 3. The van der Waals surface area contributed by atoms with Crippen LogP contribution in [0, 0.1) is 0 Å². The Hall–Kier alpha value is -1.66. The van der Waals surface area contributed by atoms with E-state index in [-0.39, 0.29) is 12.1 Å². The summed E-state index contributed by atoms with van der Waals surface area (Å²) in [6, 6.07) is 13.2. The molecule has 3 aromatic rings. The Kier molecular flexibility index (Phi) is 3.27. The number of hydrogen-bond acceptors (Lipinski definition) is 4. The van der Waals surface area contributed by atoms with Crippen LogP contribution in [0.5, 0.6) is 0 Å². The van der Waals surface area contributed by atoms with Gasteiger partial charge in [0.25, 0.3) is 0 Å². The van der Waals surface area contributed by atoms with E-state index in [9.17, 15) is 0 Å². The van der Waals surface area contributed by atoms with Gasteiger partial charge in [0.15, 0.2) is 0 Å². The van der Waals surface area contributed by atoms with E-state index in [0.717, 1.165) is 16.8 Å². The number of nitrogens with one attached hydrogen (secondary N) is 1. The van der Waals surface area contributed by atoms with Gasteiger partial charge in [-0.2, -0.15) is 10.1 Å². The molecule has 2 aromatic heterocycles. The molecule has 4 rings (SSSR count). The van der Waals surface area contributed by atoms with Gasteiger partial charge in [0.1, 0.15) is 6.33 Å². The molecule has 4 nitrogen and oxygen atoms in total. The highest BCUT2D eigenvalue weighted by molar-refractivity contribution is 9.10. The topological polar surface area (TPSA) is 42.7 Å². The number of halogens is 1. The zero-order chi connectivity index (χ0) is 14.2. The first kappa shape index (κ1) is 13.0. The fourth-order valence-electron chi connectivity index (χ4n) is 2.75. The van der Waals surface area contributed by atoms with Gasteiger partial charge in [-0.15, -0.1) is 11.3 Å². The summed E-state index contributed by atoms with van der Waals surface area (Å²) in [5, 5.41) is 9.98. The van der Waals surface area contributed by atoms with Crippen molar-refractivity contribution in [3.05, 3.63) is 63.0 Å². The maximum absolute atomic E-state index is 4.38. The zero-order valence-electron chi connectivity index (χ0n) is 11.1. The molecule has 106 valence electrons. The number of benzene rings is 1. The molecule has 0 bridgehead atoms. The van der Waals surface area contributed by atoms with Crippen LogP contribution in [0.1, 0.15) is 28.9 Å². The average Bonchev–Trinajstić information content (AvgIpc) is 3.18. The van der Waals surface area contributed by atoms with Crippen molar-refractivity contribution in [1.82, 2.24) is 14.8 Å². The molecule has 6 heteroatoms. The highest BCUT2D eigenvalue weighted by Crippen LogP contribution is 2.38. The SMILES string of the molecule is Brc1ccc(C2CC(c3cccs3)n3ncnc3N2)cc1. The van der Waals surface area contributed by atoms with Crippen molar-refractivity contribution < 1.29 is 0 Å². The minimum atomic E-state index is 0.248. The molecule has 0 radical (unpaired) electrons. The summed E-state index contributed by atoms with van der Waals surface area (Å²) < 4.78 is 3.08. The largest absolute Gasteiger partial charge is 0.348 e. The molecule has 1 N–H and O–H groups in total. The smallest absolute Gasteiger partial charge is 0.222 e. The normalized spacial score (nSPS) is 20.8. The predicted molar refractivity (Wildman–Crippen MR) is 87.6 cm³/mol. The molecule has 21 heavy (non-hydrogen) atoms. The minimum absolute atomic E-state index is 0.248. The third-order valence-corrected chi connectivity index (χ3v) is 5.28. The van der Waals surface area contributed by atoms with Crippen LogP contribution in [-0.2, 0) is 0 Å². The van der Waals surface area contributed by atoms with Gasteiger partial charge in [0, 0.05) is 9.35 Å². The quantitative estimate of drug-likeness (QED) is 0.742. The third kappa shape index (κ3) is 2.38. The summed E-state index contributed by atoms with van der Waals surface area (Å²) in [4.78, 5) is 5.67. The lowest BCUT2D eigenvalue weighted by atomic mass is 9.97. The number of thiophene rings is 1. The van der Waals surface area contributed by atoms with Crippen molar-refractivity contribution >= 4 is 33.2 Å². The van der Waals surface area contributed by atoms with Crippen molar-refractivity contribution in [1.29, 1.82) is 0 Å². The molecule has 3 heterocycles. The Morgan fingerprint density at radius 1 is 1.24 bits per heavy atom. The van der Waals surface area contributed by atoms with Crippen LogP contribution in [0.25, 0.3) is 0 Å². The molecule has 0 saturated heterocycles. The number of rotatable bonds is 2. The van der Waals surface area contributed by atoms with Crippen LogP contribution in [0.15, 0.2) is 52.6 Å². The van der Waals surface area contributed by atoms with Crippen LogP contribution in [0.2, 0.25) is 0 Å². The van der Waals surface area contributed by atoms with Crippen LogP contribution < -0.4 is 5.32 Å². The molecule has 0 fully saturated rings. The molecule has 2 atom stereocenters. The van der Waals surface area contributed by atoms with Crippen molar-refractivity contribution in [2.45, 2.75) is 18.5 Å². The lowest BCUT2D eigenvalue weighted by Gasteiger charge is -2.31. The van der Waals surface area contributed by atoms with Crippen molar-refractivity contribution in [3.63, 3.8) is 0 Å². The summed E-state index contributed by atoms with van der Waals surface area (Å²) in [5.41, 5.74) is 1.27. The molecule has 1 aromatic carbocycles. The molecule has 0 amide bonds. The van der Waals surface area contributed by atoms with E-state index >= 15 is 0 Å². The van der Waals surface area contributed by atoms with Gasteiger partial charge in [0.2, 0.25) is 5.95 Å². The van der Waals surface area contributed by atoms with Crippen LogP contribution in [0.4, 0.5) is 5.95 Å². The van der Waals surface area contributed by atoms with Gasteiger partial charge in [0.05, 0.1) is 12.1 Å². The Morgan fingerprint density at radius 2 is 2.10 bits per heavy atom. The lowest BCUT2D eigenvalue weighted by molar-refractivity contribution is 0.436. The number of nitrogens with zero attached hydrogens (tertiary/aromatic N) is 3. The van der Waals surface area contributed by atoms with Gasteiger partial charge in [-0.3, -0.25) is 0 Å². The van der Waals surface area contributed by atoms with E-state index < -0.39 is 0 Å². The van der Waals surface area contributed by atoms with E-state index in [1.807, 2.05) is 4.68 Å². The van der Waals surface area contributed by atoms with Gasteiger partial charge in [-0.1, -0.05) is 34.1 Å². The first-order valence-electron chi connectivity index (χ1n) is 6.76. The van der Waals surface area contributed by atoms with Crippen LogP contribution in [-0.4, -0.2) is 14.8 Å². The summed E-state index contributed by atoms with van der Waals surface area (Å²) in [7, 11) is 0. The maximum atomic E-state index is 4.38. The second-order valence-corrected chi connectivity index (χ2v) is 6.94. The Bertz CT molecular complexity index is 735. The predicted octanol–water partition coefficient (Wildman–Crippen LogP) is 4.25. The number of anilines is 1. The summed E-state index contributed by atoms with van der Waals surface area (Å²) in [6.45, 7) is 0. The van der Waals surface area contributed by atoms with Crippen LogP contribution >= 0.6 is 27.3 Å². The summed E-state index contributed by atoms with van der Waals surface area (Å²) in [6.07, 6.45) is 2.59. The van der Waals surface area contributed by atoms with Gasteiger partial charge < -0.3 is 5.32 Å². The highest BCUT2D eigenvalue weighted by Gasteiger charge is 2.30. The maximum Gasteiger partial charge on any atom is 0.222 e. The minimum Gasteiger partial charge on any atom is -0.348 e. The molecule has 1 aliphatic heterocycles. The number of fused-ring (bicyclic) bond motifs is 1. The van der Waals surface area contributed by atoms with Crippen molar-refractivity contribution in [2.75, 3.05) is 5.32 Å². The Morgan fingerprint density at radius 3 is 2.86 bits per heavy atom. The van der Waals surface area contributed by atoms with Gasteiger partial charge in [-0.05, 0) is 35.6 Å². The molecular weight excluding hydrogens is 348 g/mol. The van der Waals surface area contributed by atoms with Crippen molar-refractivity contribution in [2.24, 2.45) is 0 Å². The second-order valence-electron chi connectivity index (χ2n) is 5.04. The monoisotopic (exact) mass is 360 g/mol. The first-order valence-corrected chi connectivity index (χ1v) is 8.43. The highest BCUT2D eigenvalue weighted by atomic mass is 79.9. The second kappa shape index (κ2) is 5.27. The standard InChI is InChI=1S/C15H13BrN4S/c16-11-5-3-10(4-6-11)12-8-13(14-2-1-7-21-14)20-15(19-12)17-9-18-20/h1-7,9,12-13H,8H2,(H,17,18,19). The Balaban J connectivity index is 1.72. The lowest BCUT2D eigenvalue weighted by Crippen LogP contribution is -2.27. The molecule has 1 aliphatic rings. The summed E-state index contributed by atoms with van der Waals surface area (Å²) >= 11 is 5.26. The summed E-state index contributed by atoms with van der Waals surface area (Å²) in [5.74, 6) is 0.840. The average molecular weight is 361 g/mol. The van der Waals surface area contributed by atoms with E-state index in [2.05, 4.69) is 73.1 Å². The van der Waals surface area contributed by atoms with Gasteiger partial charge >= 0.3 is 0 Å². The number of hydrogen-bond donors (Lipinski definition) is 1. The zero-order valence-corrected chi connectivity index (χ0v) is 13.5. The Labute approximate surface area is 135 Å². The molecular formula is C15H13BrN4S. The van der Waals surface area contributed by atoms with E-state index in [0.29, 0.717) is 0 Å². The van der Waals surface area contributed by atoms with Crippen LogP contribution in [0.3, 0.4) is 0 Å². The van der Waals surface area contributed by atoms with Gasteiger partial charge in [-0.25, -0.2) is 4.68 Å². The fraction of sp³-hybridized carbons (Fsp3) is 0.200. The van der Waals surface area contributed by atoms with E-state index in [4.69, 9.17) is 0 Å².